The van der Waals surface area contributed by atoms with E-state index in [2.05, 4.69) is 61.3 Å². The van der Waals surface area contributed by atoms with Crippen LogP contribution in [0.15, 0.2) is 40.1 Å². The fourth-order valence-electron chi connectivity index (χ4n) is 3.06. The zero-order valence-corrected chi connectivity index (χ0v) is 15.0. The zero-order valence-electron chi connectivity index (χ0n) is 14.1. The molecule has 0 atom stereocenters. The second kappa shape index (κ2) is 6.75. The summed E-state index contributed by atoms with van der Waals surface area (Å²) in [4.78, 5) is 4.85. The van der Waals surface area contributed by atoms with Crippen LogP contribution in [0.2, 0.25) is 0 Å². The normalized spacial score (nSPS) is 12.3. The molecule has 0 saturated heterocycles. The van der Waals surface area contributed by atoms with Crippen LogP contribution in [0.25, 0.3) is 0 Å². The van der Waals surface area contributed by atoms with Crippen LogP contribution in [0, 0.1) is 0 Å². The first-order chi connectivity index (χ1) is 11.2. The van der Waals surface area contributed by atoms with Gasteiger partial charge in [0.05, 0.1) is 11.4 Å². The molecule has 0 fully saturated rings. The quantitative estimate of drug-likeness (QED) is 0.626. The molecule has 2 aromatic rings. The Hall–Kier alpha value is -1.81. The number of benzene rings is 2. The molecule has 122 valence electrons. The number of hydrogen-bond acceptors (Lipinski definition) is 4. The Balaban J connectivity index is 1.93. The number of rotatable bonds is 5. The van der Waals surface area contributed by atoms with Gasteiger partial charge in [-0.25, -0.2) is 0 Å². The van der Waals surface area contributed by atoms with Crippen LogP contribution in [-0.4, -0.2) is 13.1 Å². The van der Waals surface area contributed by atoms with E-state index in [-0.39, 0.29) is 0 Å². The minimum absolute atomic E-state index is 0.906. The molecule has 0 aliphatic carbocycles. The van der Waals surface area contributed by atoms with E-state index in [1.165, 1.54) is 32.4 Å². The summed E-state index contributed by atoms with van der Waals surface area (Å²) in [6, 6.07) is 11.0. The van der Waals surface area contributed by atoms with E-state index in [0.717, 1.165) is 31.6 Å². The molecule has 1 heterocycles. The third kappa shape index (κ3) is 3.13. The maximum absolute atomic E-state index is 6.22. The molecule has 4 heteroatoms. The van der Waals surface area contributed by atoms with Crippen LogP contribution in [0.5, 0.6) is 0 Å². The van der Waals surface area contributed by atoms with Gasteiger partial charge in [0.15, 0.2) is 0 Å². The van der Waals surface area contributed by atoms with E-state index in [4.69, 9.17) is 5.73 Å². The molecule has 1 aliphatic heterocycles. The number of aryl methyl sites for hydroxylation is 1. The third-order valence-corrected chi connectivity index (χ3v) is 5.46. The molecule has 0 amide bonds. The average Bonchev–Trinajstić information content (AvgIpc) is 2.55. The lowest BCUT2D eigenvalue weighted by Crippen LogP contribution is -2.21. The molecule has 23 heavy (non-hydrogen) atoms. The summed E-state index contributed by atoms with van der Waals surface area (Å²) in [6.45, 7) is 8.62. The van der Waals surface area contributed by atoms with E-state index in [9.17, 15) is 0 Å². The molecule has 0 saturated carbocycles. The van der Waals surface area contributed by atoms with E-state index >= 15 is 0 Å². The Morgan fingerprint density at radius 3 is 2.43 bits per heavy atom. The highest BCUT2D eigenvalue weighted by Crippen LogP contribution is 2.46. The average molecular weight is 327 g/mol. The van der Waals surface area contributed by atoms with Crippen molar-refractivity contribution in [2.24, 2.45) is 0 Å². The van der Waals surface area contributed by atoms with Gasteiger partial charge in [-0.1, -0.05) is 25.1 Å². The molecule has 3 rings (SSSR count). The van der Waals surface area contributed by atoms with Gasteiger partial charge in [-0.3, -0.25) is 0 Å². The second-order valence-corrected chi connectivity index (χ2v) is 6.96. The Bertz CT molecular complexity index is 708. The van der Waals surface area contributed by atoms with Crippen molar-refractivity contribution in [2.75, 3.05) is 29.0 Å². The van der Waals surface area contributed by atoms with Crippen LogP contribution in [0.4, 0.5) is 22.7 Å². The van der Waals surface area contributed by atoms with Gasteiger partial charge in [-0.15, -0.1) is 0 Å². The predicted octanol–water partition coefficient (Wildman–Crippen LogP) is 5.28. The van der Waals surface area contributed by atoms with Gasteiger partial charge < -0.3 is 16.0 Å². The number of nitrogens with two attached hydrogens (primary N) is 1. The third-order valence-electron chi connectivity index (χ3n) is 4.34. The number of nitrogen functional groups attached to an aromatic ring is 1. The van der Waals surface area contributed by atoms with Gasteiger partial charge in [0.2, 0.25) is 0 Å². The molecule has 0 radical (unpaired) electrons. The van der Waals surface area contributed by atoms with Gasteiger partial charge in [0.25, 0.3) is 0 Å². The zero-order chi connectivity index (χ0) is 16.4. The van der Waals surface area contributed by atoms with Crippen molar-refractivity contribution in [2.45, 2.75) is 43.4 Å². The first-order valence-electron chi connectivity index (χ1n) is 8.42. The van der Waals surface area contributed by atoms with Crippen molar-refractivity contribution in [3.8, 4) is 0 Å². The van der Waals surface area contributed by atoms with Crippen LogP contribution in [-0.2, 0) is 6.42 Å². The summed E-state index contributed by atoms with van der Waals surface area (Å²) in [5.74, 6) is 0. The first kappa shape index (κ1) is 16.1. The van der Waals surface area contributed by atoms with Gasteiger partial charge in [0, 0.05) is 34.3 Å². The Labute approximate surface area is 143 Å². The highest BCUT2D eigenvalue weighted by Gasteiger charge is 2.18. The van der Waals surface area contributed by atoms with Crippen molar-refractivity contribution >= 4 is 34.5 Å². The van der Waals surface area contributed by atoms with Crippen LogP contribution in [0.3, 0.4) is 0 Å². The summed E-state index contributed by atoms with van der Waals surface area (Å²) in [6.07, 6.45) is 2.14. The molecular weight excluding hydrogens is 302 g/mol. The topological polar surface area (TPSA) is 41.3 Å². The smallest absolute Gasteiger partial charge is 0.0530 e. The SMILES string of the molecule is CCCc1cc2c(cc1N)Sc1cc(N(CC)CC)ccc1N2. The Morgan fingerprint density at radius 2 is 1.74 bits per heavy atom. The molecular formula is C19H25N3S. The maximum Gasteiger partial charge on any atom is 0.0530 e. The van der Waals surface area contributed by atoms with Crippen LogP contribution < -0.4 is 16.0 Å². The summed E-state index contributed by atoms with van der Waals surface area (Å²) in [5.41, 5.74) is 12.0. The lowest BCUT2D eigenvalue weighted by molar-refractivity contribution is 0.864. The number of nitrogens with zero attached hydrogens (tertiary/aromatic N) is 1. The van der Waals surface area contributed by atoms with Crippen molar-refractivity contribution in [1.29, 1.82) is 0 Å². The van der Waals surface area contributed by atoms with Gasteiger partial charge in [-0.05, 0) is 56.2 Å². The molecule has 3 nitrogen and oxygen atoms in total. The highest BCUT2D eigenvalue weighted by atomic mass is 32.2. The molecule has 0 spiro atoms. The monoisotopic (exact) mass is 327 g/mol. The van der Waals surface area contributed by atoms with Gasteiger partial charge in [-0.2, -0.15) is 0 Å². The van der Waals surface area contributed by atoms with Gasteiger partial charge >= 0.3 is 0 Å². The summed E-state index contributed by atoms with van der Waals surface area (Å²) < 4.78 is 0. The summed E-state index contributed by atoms with van der Waals surface area (Å²) in [7, 11) is 0. The largest absolute Gasteiger partial charge is 0.398 e. The van der Waals surface area contributed by atoms with Crippen LogP contribution in [0.1, 0.15) is 32.8 Å². The van der Waals surface area contributed by atoms with Crippen LogP contribution >= 0.6 is 11.8 Å². The number of anilines is 4. The van der Waals surface area contributed by atoms with E-state index in [0.29, 0.717) is 0 Å². The Morgan fingerprint density at radius 1 is 1.00 bits per heavy atom. The van der Waals surface area contributed by atoms with Crippen molar-refractivity contribution in [3.63, 3.8) is 0 Å². The molecule has 0 bridgehead atoms. The standard InChI is InChI=1S/C19H25N3S/c1-4-7-13-10-17-19(12-15(13)20)23-18-11-14(22(5-2)6-3)8-9-16(18)21-17/h8-12,21H,4-7,20H2,1-3H3. The first-order valence-corrected chi connectivity index (χ1v) is 9.24. The molecule has 0 unspecified atom stereocenters. The maximum atomic E-state index is 6.22. The van der Waals surface area contributed by atoms with E-state index in [1.807, 2.05) is 0 Å². The van der Waals surface area contributed by atoms with Crippen molar-refractivity contribution in [3.05, 3.63) is 35.9 Å². The Kier molecular flexibility index (Phi) is 4.71. The number of nitrogens with one attached hydrogen (secondary N) is 1. The second-order valence-electron chi connectivity index (χ2n) is 5.88. The lowest BCUT2D eigenvalue weighted by atomic mass is 10.1. The van der Waals surface area contributed by atoms with Crippen molar-refractivity contribution in [1.82, 2.24) is 0 Å². The molecule has 3 N–H and O–H groups in total. The number of hydrogen-bond donors (Lipinski definition) is 2. The van der Waals surface area contributed by atoms with E-state index in [1.54, 1.807) is 11.8 Å². The summed E-state index contributed by atoms with van der Waals surface area (Å²) >= 11 is 1.81. The minimum atomic E-state index is 0.906. The molecule has 2 aromatic carbocycles. The minimum Gasteiger partial charge on any atom is -0.398 e. The molecule has 0 aromatic heterocycles. The van der Waals surface area contributed by atoms with E-state index < -0.39 is 0 Å². The molecule has 1 aliphatic rings. The number of fused-ring (bicyclic) bond motifs is 2. The fourth-order valence-corrected chi connectivity index (χ4v) is 4.11. The fraction of sp³-hybridized carbons (Fsp3) is 0.368. The van der Waals surface area contributed by atoms with Gasteiger partial charge in [0.1, 0.15) is 0 Å². The lowest BCUT2D eigenvalue weighted by Gasteiger charge is -2.26. The predicted molar refractivity (Wildman–Crippen MR) is 102 cm³/mol. The summed E-state index contributed by atoms with van der Waals surface area (Å²) in [5, 5.41) is 3.57. The van der Waals surface area contributed by atoms with Crippen molar-refractivity contribution < 1.29 is 0 Å². The highest BCUT2D eigenvalue weighted by molar-refractivity contribution is 7.99.